The number of amides is 1. The first-order valence-electron chi connectivity index (χ1n) is 10.2. The Morgan fingerprint density at radius 3 is 2.39 bits per heavy atom. The number of rotatable bonds is 9. The Bertz CT molecular complexity index is 1100. The quantitative estimate of drug-likeness (QED) is 0.396. The van der Waals surface area contributed by atoms with E-state index in [1.807, 2.05) is 60.0 Å². The Labute approximate surface area is 185 Å². The number of benzene rings is 2. The van der Waals surface area contributed by atoms with Gasteiger partial charge in [0.2, 0.25) is 11.7 Å². The lowest BCUT2D eigenvalue weighted by Gasteiger charge is -2.13. The molecule has 1 N–H and O–H groups in total. The van der Waals surface area contributed by atoms with Crippen molar-refractivity contribution in [3.8, 4) is 11.6 Å². The summed E-state index contributed by atoms with van der Waals surface area (Å²) in [4.78, 5) is 12.6. The average molecular weight is 433 g/mol. The molecule has 2 aromatic heterocycles. The number of nitrogens with one attached hydrogen (secondary N) is 1. The van der Waals surface area contributed by atoms with Gasteiger partial charge in [0, 0.05) is 6.54 Å². The van der Waals surface area contributed by atoms with Gasteiger partial charge in [-0.1, -0.05) is 72.4 Å². The van der Waals surface area contributed by atoms with E-state index >= 15 is 0 Å². The van der Waals surface area contributed by atoms with E-state index in [9.17, 15) is 4.79 Å². The minimum Gasteiger partial charge on any atom is -0.461 e. The molecule has 0 aliphatic heterocycles. The van der Waals surface area contributed by atoms with Gasteiger partial charge >= 0.3 is 0 Å². The molecule has 1 atom stereocenters. The molecule has 6 nitrogen and oxygen atoms in total. The molecule has 0 spiro atoms. The minimum atomic E-state index is -0.307. The lowest BCUT2D eigenvalue weighted by atomic mass is 10.1. The second kappa shape index (κ2) is 10.1. The van der Waals surface area contributed by atoms with Gasteiger partial charge in [0.25, 0.3) is 0 Å². The highest BCUT2D eigenvalue weighted by molar-refractivity contribution is 8.00. The smallest absolute Gasteiger partial charge is 0.233 e. The van der Waals surface area contributed by atoms with Gasteiger partial charge in [0.1, 0.15) is 0 Å². The summed E-state index contributed by atoms with van der Waals surface area (Å²) in [5.41, 5.74) is 2.32. The van der Waals surface area contributed by atoms with Crippen LogP contribution in [0.3, 0.4) is 0 Å². The predicted molar refractivity (Wildman–Crippen MR) is 122 cm³/mol. The van der Waals surface area contributed by atoms with Gasteiger partial charge in [-0.25, -0.2) is 0 Å². The van der Waals surface area contributed by atoms with Crippen LogP contribution < -0.4 is 5.32 Å². The van der Waals surface area contributed by atoms with Crippen molar-refractivity contribution < 1.29 is 9.21 Å². The molecule has 4 aromatic rings. The number of hydrogen-bond acceptors (Lipinski definition) is 5. The molecule has 0 fully saturated rings. The monoisotopic (exact) mass is 432 g/mol. The summed E-state index contributed by atoms with van der Waals surface area (Å²) in [5, 5.41) is 12.1. The highest BCUT2D eigenvalue weighted by Gasteiger charge is 2.22. The third-order valence-electron chi connectivity index (χ3n) is 4.85. The van der Waals surface area contributed by atoms with E-state index in [1.165, 1.54) is 17.3 Å². The first-order chi connectivity index (χ1) is 15.2. The topological polar surface area (TPSA) is 73.0 Å². The maximum Gasteiger partial charge on any atom is 0.233 e. The van der Waals surface area contributed by atoms with E-state index in [4.69, 9.17) is 4.42 Å². The van der Waals surface area contributed by atoms with Gasteiger partial charge in [0.05, 0.1) is 18.1 Å². The third kappa shape index (κ3) is 5.44. The number of hydrogen-bond donors (Lipinski definition) is 1. The summed E-state index contributed by atoms with van der Waals surface area (Å²) >= 11 is 1.40. The zero-order valence-corrected chi connectivity index (χ0v) is 18.1. The Hall–Kier alpha value is -3.32. The molecule has 0 aliphatic rings. The van der Waals surface area contributed by atoms with Crippen LogP contribution >= 0.6 is 11.8 Å². The molecule has 1 amide bonds. The minimum absolute atomic E-state index is 0.0188. The number of furan rings is 1. The average Bonchev–Trinajstić information content (AvgIpc) is 3.46. The molecule has 1 unspecified atom stereocenters. The highest BCUT2D eigenvalue weighted by atomic mass is 32.2. The Balaban J connectivity index is 1.45. The Morgan fingerprint density at radius 1 is 1.00 bits per heavy atom. The van der Waals surface area contributed by atoms with E-state index < -0.39 is 0 Å². The summed E-state index contributed by atoms with van der Waals surface area (Å²) in [6.07, 6.45) is 2.42. The van der Waals surface area contributed by atoms with E-state index in [0.717, 1.165) is 12.0 Å². The summed E-state index contributed by atoms with van der Waals surface area (Å²) in [6.45, 7) is 3.08. The van der Waals surface area contributed by atoms with Crippen molar-refractivity contribution in [1.82, 2.24) is 20.1 Å². The van der Waals surface area contributed by atoms with Crippen molar-refractivity contribution >= 4 is 17.7 Å². The number of carbonyl (C=O) groups excluding carboxylic acids is 1. The highest BCUT2D eigenvalue weighted by Crippen LogP contribution is 2.28. The normalized spacial score (nSPS) is 11.9. The molecule has 2 heterocycles. The number of thioether (sulfide) groups is 1. The van der Waals surface area contributed by atoms with Gasteiger partial charge < -0.3 is 9.73 Å². The molecule has 0 radical (unpaired) electrons. The molecule has 0 saturated carbocycles. The molecule has 158 valence electrons. The van der Waals surface area contributed by atoms with Crippen LogP contribution in [0.5, 0.6) is 0 Å². The predicted octanol–water partition coefficient (Wildman–Crippen LogP) is 4.43. The lowest BCUT2D eigenvalue weighted by Crippen LogP contribution is -2.32. The van der Waals surface area contributed by atoms with Crippen LogP contribution in [-0.2, 0) is 17.8 Å². The number of nitrogens with zero attached hydrogens (tertiary/aromatic N) is 3. The van der Waals surface area contributed by atoms with Crippen molar-refractivity contribution in [1.29, 1.82) is 0 Å². The molecule has 31 heavy (non-hydrogen) atoms. The van der Waals surface area contributed by atoms with Gasteiger partial charge in [-0.2, -0.15) is 0 Å². The maximum atomic E-state index is 12.6. The summed E-state index contributed by atoms with van der Waals surface area (Å²) < 4.78 is 7.54. The van der Waals surface area contributed by atoms with Gasteiger partial charge in [0.15, 0.2) is 10.9 Å². The van der Waals surface area contributed by atoms with Gasteiger partial charge in [-0.3, -0.25) is 9.36 Å². The van der Waals surface area contributed by atoms with Crippen LogP contribution in [0.1, 0.15) is 18.1 Å². The Kier molecular flexibility index (Phi) is 6.84. The fourth-order valence-electron chi connectivity index (χ4n) is 3.20. The van der Waals surface area contributed by atoms with Crippen LogP contribution in [0, 0.1) is 0 Å². The molecule has 4 rings (SSSR count). The van der Waals surface area contributed by atoms with Crippen molar-refractivity contribution in [2.24, 2.45) is 0 Å². The van der Waals surface area contributed by atoms with Gasteiger partial charge in [-0.05, 0) is 36.6 Å². The Morgan fingerprint density at radius 2 is 1.71 bits per heavy atom. The van der Waals surface area contributed by atoms with Crippen molar-refractivity contribution in [2.75, 3.05) is 6.54 Å². The largest absolute Gasteiger partial charge is 0.461 e. The second-order valence-electron chi connectivity index (χ2n) is 7.14. The zero-order chi connectivity index (χ0) is 21.5. The van der Waals surface area contributed by atoms with E-state index in [2.05, 4.69) is 39.8 Å². The van der Waals surface area contributed by atoms with Crippen LogP contribution in [0.2, 0.25) is 0 Å². The van der Waals surface area contributed by atoms with E-state index in [-0.39, 0.29) is 11.2 Å². The third-order valence-corrected chi connectivity index (χ3v) is 5.93. The molecule has 0 saturated heterocycles. The van der Waals surface area contributed by atoms with Gasteiger partial charge in [-0.15, -0.1) is 10.2 Å². The second-order valence-corrected chi connectivity index (χ2v) is 8.45. The first kappa shape index (κ1) is 20.9. The van der Waals surface area contributed by atoms with Crippen LogP contribution in [0.4, 0.5) is 0 Å². The van der Waals surface area contributed by atoms with Crippen LogP contribution in [-0.4, -0.2) is 32.5 Å². The first-order valence-corrected chi connectivity index (χ1v) is 11.1. The molecule has 2 aromatic carbocycles. The number of carbonyl (C=O) groups is 1. The fraction of sp³-hybridized carbons (Fsp3) is 0.208. The summed E-state index contributed by atoms with van der Waals surface area (Å²) in [6, 6.07) is 23.9. The SMILES string of the molecule is CC(Sc1nnc(-c2ccco2)n1Cc1ccccc1)C(=O)NCCc1ccccc1. The number of aromatic nitrogens is 3. The fourth-order valence-corrected chi connectivity index (χ4v) is 4.08. The molecule has 0 bridgehead atoms. The van der Waals surface area contributed by atoms with Crippen molar-refractivity contribution in [3.05, 3.63) is 90.2 Å². The molecule has 0 aliphatic carbocycles. The van der Waals surface area contributed by atoms with Crippen molar-refractivity contribution in [3.63, 3.8) is 0 Å². The van der Waals surface area contributed by atoms with Crippen LogP contribution in [0.15, 0.2) is 88.6 Å². The van der Waals surface area contributed by atoms with Crippen LogP contribution in [0.25, 0.3) is 11.6 Å². The molecular weight excluding hydrogens is 408 g/mol. The molecular formula is C24H24N4O2S. The standard InChI is InChI=1S/C24H24N4O2S/c1-18(23(29)25-15-14-19-9-4-2-5-10-19)31-24-27-26-22(21-13-8-16-30-21)28(24)17-20-11-6-3-7-12-20/h2-13,16,18H,14-15,17H2,1H3,(H,25,29). The van der Waals surface area contributed by atoms with Crippen molar-refractivity contribution in [2.45, 2.75) is 30.3 Å². The molecule has 7 heteroatoms. The van der Waals surface area contributed by atoms with E-state index in [1.54, 1.807) is 6.26 Å². The summed E-state index contributed by atoms with van der Waals surface area (Å²) in [7, 11) is 0. The maximum absolute atomic E-state index is 12.6. The summed E-state index contributed by atoms with van der Waals surface area (Å²) in [5.74, 6) is 1.28. The van der Waals surface area contributed by atoms with E-state index in [0.29, 0.717) is 29.8 Å². The zero-order valence-electron chi connectivity index (χ0n) is 17.3. The lowest BCUT2D eigenvalue weighted by molar-refractivity contribution is -0.120.